The maximum atomic E-state index is 11.0. The van der Waals surface area contributed by atoms with Gasteiger partial charge in [0.1, 0.15) is 18.2 Å². The van der Waals surface area contributed by atoms with E-state index >= 15 is 0 Å². The molecule has 2 aromatic carbocycles. The molecule has 7 heteroatoms. The number of hydrogen-bond acceptors (Lipinski definition) is 4. The molecule has 0 spiro atoms. The summed E-state index contributed by atoms with van der Waals surface area (Å²) in [6.07, 6.45) is 0. The number of amides is 1. The predicted octanol–water partition coefficient (Wildman–Crippen LogP) is 5.11. The maximum Gasteiger partial charge on any atom is 0.232 e. The molecule has 146 valence electrons. The van der Waals surface area contributed by atoms with Crippen molar-refractivity contribution in [1.29, 1.82) is 5.26 Å². The number of nitrogens with one attached hydrogen (secondary N) is 1. The molecule has 1 aromatic heterocycles. The van der Waals surface area contributed by atoms with E-state index in [1.807, 2.05) is 30.3 Å². The number of carbonyl (C=O) groups excluding carboxylic acids is 1. The van der Waals surface area contributed by atoms with E-state index < -0.39 is 0 Å². The second-order valence-electron chi connectivity index (χ2n) is 6.17. The number of pyridine rings is 1. The number of nitrogens with zero attached hydrogens (tertiary/aromatic N) is 2. The van der Waals surface area contributed by atoms with E-state index in [9.17, 15) is 10.1 Å². The van der Waals surface area contributed by atoms with Crippen LogP contribution in [-0.4, -0.2) is 24.0 Å². The zero-order valence-electron chi connectivity index (χ0n) is 15.6. The molecule has 0 radical (unpaired) electrons. The fourth-order valence-electron chi connectivity index (χ4n) is 2.77. The van der Waals surface area contributed by atoms with E-state index in [1.54, 1.807) is 24.3 Å². The van der Waals surface area contributed by atoms with Crippen molar-refractivity contribution in [3.05, 3.63) is 70.2 Å². The third kappa shape index (κ3) is 5.05. The number of rotatable bonds is 6. The Kier molecular flexibility index (Phi) is 6.71. The highest BCUT2D eigenvalue weighted by molar-refractivity contribution is 6.33. The van der Waals surface area contributed by atoms with Gasteiger partial charge < -0.3 is 10.1 Å². The van der Waals surface area contributed by atoms with Gasteiger partial charge in [0.05, 0.1) is 12.2 Å². The van der Waals surface area contributed by atoms with Gasteiger partial charge in [-0.05, 0) is 29.8 Å². The summed E-state index contributed by atoms with van der Waals surface area (Å²) in [5, 5.41) is 13.4. The van der Waals surface area contributed by atoms with Crippen molar-refractivity contribution in [2.45, 2.75) is 6.92 Å². The Hall–Kier alpha value is -3.07. The average molecular weight is 426 g/mol. The first-order valence-electron chi connectivity index (χ1n) is 8.83. The molecule has 1 amide bonds. The molecule has 5 nitrogen and oxygen atoms in total. The average Bonchev–Trinajstić information content (AvgIpc) is 2.71. The van der Waals surface area contributed by atoms with Crippen LogP contribution in [0.3, 0.4) is 0 Å². The van der Waals surface area contributed by atoms with E-state index in [1.165, 1.54) is 6.92 Å². The lowest BCUT2D eigenvalue weighted by atomic mass is 9.98. The monoisotopic (exact) mass is 425 g/mol. The third-order valence-electron chi connectivity index (χ3n) is 4.11. The third-order valence-corrected chi connectivity index (χ3v) is 4.69. The topological polar surface area (TPSA) is 75.0 Å². The number of aromatic nitrogens is 1. The highest BCUT2D eigenvalue weighted by Crippen LogP contribution is 2.37. The Morgan fingerprint density at radius 3 is 2.52 bits per heavy atom. The standard InChI is InChI=1S/C22H17Cl2N3O2/c1-14(28)26-10-11-29-22-16(13-25)12-19(15-6-8-17(23)9-7-15)21(27-22)18-4-2-3-5-20(18)24/h2-9,12H,10-11H2,1H3,(H,26,28). The summed E-state index contributed by atoms with van der Waals surface area (Å²) >= 11 is 12.4. The van der Waals surface area contributed by atoms with Crippen molar-refractivity contribution in [3.8, 4) is 34.3 Å². The van der Waals surface area contributed by atoms with Crippen molar-refractivity contribution < 1.29 is 9.53 Å². The van der Waals surface area contributed by atoms with Crippen molar-refractivity contribution in [3.63, 3.8) is 0 Å². The lowest BCUT2D eigenvalue weighted by Crippen LogP contribution is -2.25. The fourth-order valence-corrected chi connectivity index (χ4v) is 3.12. The molecule has 0 unspecified atom stereocenters. The van der Waals surface area contributed by atoms with Crippen LogP contribution >= 0.6 is 23.2 Å². The molecule has 29 heavy (non-hydrogen) atoms. The van der Waals surface area contributed by atoms with Crippen LogP contribution in [0, 0.1) is 11.3 Å². The first-order chi connectivity index (χ1) is 14.0. The van der Waals surface area contributed by atoms with Crippen molar-refractivity contribution >= 4 is 29.1 Å². The van der Waals surface area contributed by atoms with E-state index in [0.717, 1.165) is 16.7 Å². The Morgan fingerprint density at radius 2 is 1.86 bits per heavy atom. The van der Waals surface area contributed by atoms with Gasteiger partial charge in [0.2, 0.25) is 11.8 Å². The van der Waals surface area contributed by atoms with Crippen molar-refractivity contribution in [1.82, 2.24) is 10.3 Å². The molecule has 1 N–H and O–H groups in total. The molecule has 0 aliphatic carbocycles. The summed E-state index contributed by atoms with van der Waals surface area (Å²) in [6.45, 7) is 1.92. The molecule has 3 aromatic rings. The summed E-state index contributed by atoms with van der Waals surface area (Å²) in [5.74, 6) is 0.0300. The molecule has 1 heterocycles. The molecule has 0 fully saturated rings. The number of nitriles is 1. The molecular weight excluding hydrogens is 409 g/mol. The Morgan fingerprint density at radius 1 is 1.14 bits per heavy atom. The van der Waals surface area contributed by atoms with Crippen LogP contribution in [0.4, 0.5) is 0 Å². The molecule has 3 rings (SSSR count). The highest BCUT2D eigenvalue weighted by Gasteiger charge is 2.18. The normalized spacial score (nSPS) is 10.3. The van der Waals surface area contributed by atoms with Crippen LogP contribution in [0.2, 0.25) is 10.0 Å². The lowest BCUT2D eigenvalue weighted by Gasteiger charge is -2.15. The van der Waals surface area contributed by atoms with E-state index in [4.69, 9.17) is 27.9 Å². The largest absolute Gasteiger partial charge is 0.475 e. The first-order valence-corrected chi connectivity index (χ1v) is 9.58. The second-order valence-corrected chi connectivity index (χ2v) is 7.01. The van der Waals surface area contributed by atoms with Gasteiger partial charge in [-0.3, -0.25) is 4.79 Å². The number of hydrogen-bond donors (Lipinski definition) is 1. The molecule has 0 aliphatic heterocycles. The Labute approximate surface area is 178 Å². The van der Waals surface area contributed by atoms with E-state index in [-0.39, 0.29) is 24.0 Å². The quantitative estimate of drug-likeness (QED) is 0.556. The minimum Gasteiger partial charge on any atom is -0.475 e. The van der Waals surface area contributed by atoms with Crippen LogP contribution < -0.4 is 10.1 Å². The van der Waals surface area contributed by atoms with Crippen LogP contribution in [0.5, 0.6) is 5.88 Å². The van der Waals surface area contributed by atoms with Gasteiger partial charge in [0.25, 0.3) is 0 Å². The van der Waals surface area contributed by atoms with Gasteiger partial charge in [-0.25, -0.2) is 4.98 Å². The molecular formula is C22H17Cl2N3O2. The smallest absolute Gasteiger partial charge is 0.232 e. The molecule has 0 atom stereocenters. The minimum absolute atomic E-state index is 0.156. The summed E-state index contributed by atoms with van der Waals surface area (Å²) in [5.41, 5.74) is 3.17. The van der Waals surface area contributed by atoms with Crippen molar-refractivity contribution in [2.24, 2.45) is 0 Å². The van der Waals surface area contributed by atoms with Crippen molar-refractivity contribution in [2.75, 3.05) is 13.2 Å². The fraction of sp³-hybridized carbons (Fsp3) is 0.136. The summed E-state index contributed by atoms with van der Waals surface area (Å²) in [4.78, 5) is 15.6. The second kappa shape index (κ2) is 9.42. The van der Waals surface area contributed by atoms with E-state index in [2.05, 4.69) is 16.4 Å². The molecule has 0 saturated carbocycles. The molecule has 0 saturated heterocycles. The van der Waals surface area contributed by atoms with Gasteiger partial charge in [-0.2, -0.15) is 5.26 Å². The van der Waals surface area contributed by atoms with Gasteiger partial charge in [-0.15, -0.1) is 0 Å². The first kappa shape index (κ1) is 20.7. The van der Waals surface area contributed by atoms with Gasteiger partial charge >= 0.3 is 0 Å². The number of benzene rings is 2. The Balaban J connectivity index is 2.10. The minimum atomic E-state index is -0.156. The highest BCUT2D eigenvalue weighted by atomic mass is 35.5. The van der Waals surface area contributed by atoms with Crippen LogP contribution in [0.1, 0.15) is 12.5 Å². The zero-order chi connectivity index (χ0) is 20.8. The zero-order valence-corrected chi connectivity index (χ0v) is 17.1. The van der Waals surface area contributed by atoms with Crippen LogP contribution in [0.25, 0.3) is 22.4 Å². The molecule has 0 aliphatic rings. The Bertz CT molecular complexity index is 1080. The van der Waals surface area contributed by atoms with E-state index in [0.29, 0.717) is 22.3 Å². The number of halogens is 2. The predicted molar refractivity (Wildman–Crippen MR) is 114 cm³/mol. The lowest BCUT2D eigenvalue weighted by molar-refractivity contribution is -0.119. The molecule has 0 bridgehead atoms. The summed E-state index contributed by atoms with van der Waals surface area (Å²) < 4.78 is 5.68. The van der Waals surface area contributed by atoms with Crippen LogP contribution in [-0.2, 0) is 4.79 Å². The van der Waals surface area contributed by atoms with Crippen LogP contribution in [0.15, 0.2) is 54.6 Å². The van der Waals surface area contributed by atoms with Gasteiger partial charge in [0.15, 0.2) is 0 Å². The SMILES string of the molecule is CC(=O)NCCOc1nc(-c2ccccc2Cl)c(-c2ccc(Cl)cc2)cc1C#N. The number of ether oxygens (including phenoxy) is 1. The van der Waals surface area contributed by atoms with Gasteiger partial charge in [-0.1, -0.05) is 53.5 Å². The maximum absolute atomic E-state index is 11.0. The summed E-state index contributed by atoms with van der Waals surface area (Å²) in [6, 6.07) is 18.5. The summed E-state index contributed by atoms with van der Waals surface area (Å²) in [7, 11) is 0. The number of carbonyl (C=O) groups is 1. The van der Waals surface area contributed by atoms with Gasteiger partial charge in [0, 0.05) is 28.1 Å².